The van der Waals surface area contributed by atoms with Crippen molar-refractivity contribution in [3.8, 4) is 0 Å². The monoisotopic (exact) mass is 522 g/mol. The van der Waals surface area contributed by atoms with Crippen molar-refractivity contribution in [3.63, 3.8) is 0 Å². The maximum absolute atomic E-state index is 2.33. The molecule has 0 aromatic heterocycles. The summed E-state index contributed by atoms with van der Waals surface area (Å²) in [6.07, 6.45) is 8.72. The SMILES string of the molecule is CC(C)(C)c1ccc(P(c2ccc(C=Cc3ccccc3)cc2)c2ccc(C=Cc3ccccc3)cc2)cc1. The molecule has 39 heavy (non-hydrogen) atoms. The molecule has 5 rings (SSSR count). The molecule has 0 heterocycles. The van der Waals surface area contributed by atoms with E-state index in [1.165, 1.54) is 43.7 Å². The predicted molar refractivity (Wildman–Crippen MR) is 175 cm³/mol. The smallest absolute Gasteiger partial charge is 0.0132 e. The third-order valence-electron chi connectivity index (χ3n) is 6.83. The van der Waals surface area contributed by atoms with Crippen molar-refractivity contribution in [1.82, 2.24) is 0 Å². The number of hydrogen-bond donors (Lipinski definition) is 0. The first kappa shape index (κ1) is 26.6. The van der Waals surface area contributed by atoms with E-state index in [1.54, 1.807) is 0 Å². The normalized spacial score (nSPS) is 12.7. The molecule has 0 saturated heterocycles. The molecule has 0 bridgehead atoms. The van der Waals surface area contributed by atoms with Gasteiger partial charge in [0.05, 0.1) is 0 Å². The van der Waals surface area contributed by atoms with Crippen molar-refractivity contribution in [2.45, 2.75) is 26.2 Å². The molecule has 5 aromatic rings. The van der Waals surface area contributed by atoms with Gasteiger partial charge in [-0.1, -0.05) is 179 Å². The zero-order valence-corrected chi connectivity index (χ0v) is 23.9. The van der Waals surface area contributed by atoms with Crippen LogP contribution in [0.3, 0.4) is 0 Å². The highest BCUT2D eigenvalue weighted by molar-refractivity contribution is 7.79. The molecule has 0 atom stereocenters. The molecule has 5 aromatic carbocycles. The van der Waals surface area contributed by atoms with Crippen molar-refractivity contribution in [1.29, 1.82) is 0 Å². The van der Waals surface area contributed by atoms with E-state index in [4.69, 9.17) is 0 Å². The van der Waals surface area contributed by atoms with Gasteiger partial charge in [-0.15, -0.1) is 0 Å². The fourth-order valence-electron chi connectivity index (χ4n) is 4.54. The molecule has 0 unspecified atom stereocenters. The van der Waals surface area contributed by atoms with Gasteiger partial charge in [-0.3, -0.25) is 0 Å². The fourth-order valence-corrected chi connectivity index (χ4v) is 6.78. The maximum Gasteiger partial charge on any atom is -0.0132 e. The summed E-state index contributed by atoms with van der Waals surface area (Å²) in [6, 6.07) is 48.4. The molecular formula is C38H35P. The quantitative estimate of drug-likeness (QED) is 0.148. The molecule has 0 amide bonds. The second-order valence-corrected chi connectivity index (χ2v) is 13.0. The molecule has 0 saturated carbocycles. The Morgan fingerprint density at radius 3 is 1.03 bits per heavy atom. The van der Waals surface area contributed by atoms with Gasteiger partial charge >= 0.3 is 0 Å². The summed E-state index contributed by atoms with van der Waals surface area (Å²) in [5, 5.41) is 4.09. The number of hydrogen-bond acceptors (Lipinski definition) is 0. The zero-order valence-electron chi connectivity index (χ0n) is 23.0. The minimum Gasteiger partial charge on any atom is -0.0622 e. The average molecular weight is 523 g/mol. The lowest BCUT2D eigenvalue weighted by Crippen LogP contribution is -2.21. The highest BCUT2D eigenvalue weighted by Crippen LogP contribution is 2.34. The van der Waals surface area contributed by atoms with Gasteiger partial charge in [-0.05, 0) is 57.1 Å². The van der Waals surface area contributed by atoms with Gasteiger partial charge < -0.3 is 0 Å². The van der Waals surface area contributed by atoms with Gasteiger partial charge in [0.25, 0.3) is 0 Å². The lowest BCUT2D eigenvalue weighted by atomic mass is 9.87. The third-order valence-corrected chi connectivity index (χ3v) is 9.27. The van der Waals surface area contributed by atoms with Gasteiger partial charge in [-0.2, -0.15) is 0 Å². The van der Waals surface area contributed by atoms with E-state index >= 15 is 0 Å². The minimum atomic E-state index is -0.673. The number of rotatable bonds is 7. The van der Waals surface area contributed by atoms with Crippen molar-refractivity contribution >= 4 is 48.1 Å². The summed E-state index contributed by atoms with van der Waals surface area (Å²) >= 11 is 0. The first-order valence-electron chi connectivity index (χ1n) is 13.5. The van der Waals surface area contributed by atoms with E-state index in [0.29, 0.717) is 0 Å². The van der Waals surface area contributed by atoms with E-state index in [-0.39, 0.29) is 5.41 Å². The van der Waals surface area contributed by atoms with Gasteiger partial charge in [-0.25, -0.2) is 0 Å². The van der Waals surface area contributed by atoms with Crippen molar-refractivity contribution < 1.29 is 0 Å². The van der Waals surface area contributed by atoms with Crippen LogP contribution < -0.4 is 15.9 Å². The summed E-state index contributed by atoms with van der Waals surface area (Å²) in [7, 11) is -0.673. The van der Waals surface area contributed by atoms with Crippen LogP contribution in [-0.2, 0) is 5.41 Å². The Morgan fingerprint density at radius 2 is 0.692 bits per heavy atom. The second-order valence-electron chi connectivity index (χ2n) is 10.8. The first-order chi connectivity index (χ1) is 19.0. The second kappa shape index (κ2) is 12.2. The summed E-state index contributed by atoms with van der Waals surface area (Å²) < 4.78 is 0. The molecule has 0 fully saturated rings. The lowest BCUT2D eigenvalue weighted by molar-refractivity contribution is 0.590. The minimum absolute atomic E-state index is 0.140. The Labute approximate surface area is 235 Å². The van der Waals surface area contributed by atoms with Crippen LogP contribution in [0.25, 0.3) is 24.3 Å². The van der Waals surface area contributed by atoms with E-state index in [2.05, 4.69) is 179 Å². The maximum atomic E-state index is 2.33. The van der Waals surface area contributed by atoms with Gasteiger partial charge in [0.15, 0.2) is 0 Å². The van der Waals surface area contributed by atoms with E-state index < -0.39 is 7.92 Å². The first-order valence-corrected chi connectivity index (χ1v) is 14.9. The molecule has 0 aliphatic carbocycles. The summed E-state index contributed by atoms with van der Waals surface area (Å²) in [5.41, 5.74) is 6.35. The van der Waals surface area contributed by atoms with Crippen LogP contribution in [0.4, 0.5) is 0 Å². The van der Waals surface area contributed by atoms with E-state index in [9.17, 15) is 0 Å². The Hall–Kier alpha value is -3.99. The topological polar surface area (TPSA) is 0 Å². The number of benzene rings is 5. The molecule has 0 N–H and O–H groups in total. The van der Waals surface area contributed by atoms with Crippen molar-refractivity contribution in [2.24, 2.45) is 0 Å². The summed E-state index contributed by atoms with van der Waals surface area (Å²) in [6.45, 7) is 6.82. The Bertz CT molecular complexity index is 1430. The van der Waals surface area contributed by atoms with E-state index in [1.807, 2.05) is 0 Å². The molecule has 0 radical (unpaired) electrons. The molecule has 0 spiro atoms. The molecular weight excluding hydrogens is 487 g/mol. The summed E-state index contributed by atoms with van der Waals surface area (Å²) in [4.78, 5) is 0. The highest BCUT2D eigenvalue weighted by atomic mass is 31.1. The van der Waals surface area contributed by atoms with Crippen molar-refractivity contribution in [3.05, 3.63) is 161 Å². The molecule has 0 nitrogen and oxygen atoms in total. The molecule has 0 aliphatic heterocycles. The van der Waals surface area contributed by atoms with Crippen LogP contribution in [0.1, 0.15) is 48.6 Å². The van der Waals surface area contributed by atoms with Crippen LogP contribution in [0.2, 0.25) is 0 Å². The zero-order chi connectivity index (χ0) is 27.1. The molecule has 1 heteroatoms. The lowest BCUT2D eigenvalue weighted by Gasteiger charge is -2.23. The molecule has 0 aliphatic rings. The Morgan fingerprint density at radius 1 is 0.385 bits per heavy atom. The van der Waals surface area contributed by atoms with Crippen LogP contribution >= 0.6 is 7.92 Å². The highest BCUT2D eigenvalue weighted by Gasteiger charge is 2.19. The van der Waals surface area contributed by atoms with Crippen molar-refractivity contribution in [2.75, 3.05) is 0 Å². The van der Waals surface area contributed by atoms with E-state index in [0.717, 1.165) is 0 Å². The fraction of sp³-hybridized carbons (Fsp3) is 0.105. The van der Waals surface area contributed by atoms with Gasteiger partial charge in [0, 0.05) is 0 Å². The van der Waals surface area contributed by atoms with Gasteiger partial charge in [0.2, 0.25) is 0 Å². The Kier molecular flexibility index (Phi) is 8.36. The largest absolute Gasteiger partial charge is 0.0622 e. The standard InChI is InChI=1S/C38H35P/c1-38(2,3)34-22-28-37(29-23-34)39(35-24-18-32(19-25-35)16-14-30-10-6-4-7-11-30)36-26-20-33(21-27-36)17-15-31-12-8-5-9-13-31/h4-29H,1-3H3. The third kappa shape index (κ3) is 7.11. The Balaban J connectivity index is 1.45. The van der Waals surface area contributed by atoms with Crippen LogP contribution in [0.5, 0.6) is 0 Å². The van der Waals surface area contributed by atoms with Gasteiger partial charge in [0.1, 0.15) is 0 Å². The predicted octanol–water partition coefficient (Wildman–Crippen LogP) is 9.08. The van der Waals surface area contributed by atoms with Crippen LogP contribution in [0, 0.1) is 0 Å². The molecule has 192 valence electrons. The van der Waals surface area contributed by atoms with Crippen LogP contribution in [-0.4, -0.2) is 0 Å². The van der Waals surface area contributed by atoms with Crippen LogP contribution in [0.15, 0.2) is 133 Å². The summed E-state index contributed by atoms with van der Waals surface area (Å²) in [5.74, 6) is 0. The average Bonchev–Trinajstić information content (AvgIpc) is 2.97.